The molecule has 1 amide bonds. The summed E-state index contributed by atoms with van der Waals surface area (Å²) in [5.74, 6) is 0.215. The van der Waals surface area contributed by atoms with E-state index in [0.29, 0.717) is 16.7 Å². The quantitative estimate of drug-likeness (QED) is 0.682. The lowest BCUT2D eigenvalue weighted by atomic mass is 10.2. The highest BCUT2D eigenvalue weighted by Gasteiger charge is 2.06. The summed E-state index contributed by atoms with van der Waals surface area (Å²) >= 11 is 7.33. The largest absolute Gasteiger partial charge is 0.351 e. The monoisotopic (exact) mass is 307 g/mol. The molecular weight excluding hydrogens is 294 g/mol. The molecule has 1 N–H and O–H groups in total. The molecule has 20 heavy (non-hydrogen) atoms. The van der Waals surface area contributed by atoms with Crippen molar-refractivity contribution in [3.63, 3.8) is 0 Å². The molecule has 0 bridgehead atoms. The van der Waals surface area contributed by atoms with E-state index >= 15 is 0 Å². The van der Waals surface area contributed by atoms with Crippen molar-refractivity contribution in [2.45, 2.75) is 18.6 Å². The number of aromatic nitrogens is 2. The SMILES string of the molecule is Cc1cnc(SCC(=O)NCc2ccccc2Cl)nc1. The molecule has 104 valence electrons. The molecule has 0 aliphatic rings. The Balaban J connectivity index is 1.78. The zero-order valence-corrected chi connectivity index (χ0v) is 12.5. The summed E-state index contributed by atoms with van der Waals surface area (Å²) in [6, 6.07) is 7.44. The van der Waals surface area contributed by atoms with Gasteiger partial charge in [0.15, 0.2) is 5.16 Å². The van der Waals surface area contributed by atoms with E-state index in [2.05, 4.69) is 15.3 Å². The second-order valence-corrected chi connectivity index (χ2v) is 5.55. The number of hydrogen-bond acceptors (Lipinski definition) is 4. The summed E-state index contributed by atoms with van der Waals surface area (Å²) in [4.78, 5) is 20.0. The van der Waals surface area contributed by atoms with E-state index in [9.17, 15) is 4.79 Å². The minimum absolute atomic E-state index is 0.0703. The molecule has 0 atom stereocenters. The lowest BCUT2D eigenvalue weighted by Crippen LogP contribution is -2.24. The van der Waals surface area contributed by atoms with Crippen molar-refractivity contribution in [1.82, 2.24) is 15.3 Å². The molecule has 6 heteroatoms. The molecule has 4 nitrogen and oxygen atoms in total. The molecule has 1 aromatic heterocycles. The lowest BCUT2D eigenvalue weighted by molar-refractivity contribution is -0.118. The summed E-state index contributed by atoms with van der Waals surface area (Å²) in [6.07, 6.45) is 3.47. The molecule has 2 aromatic rings. The first-order chi connectivity index (χ1) is 9.65. The topological polar surface area (TPSA) is 54.9 Å². The van der Waals surface area contributed by atoms with Crippen LogP contribution in [0.1, 0.15) is 11.1 Å². The van der Waals surface area contributed by atoms with Crippen molar-refractivity contribution >= 4 is 29.3 Å². The first-order valence-electron chi connectivity index (χ1n) is 6.06. The van der Waals surface area contributed by atoms with Crippen LogP contribution in [0.3, 0.4) is 0 Å². The van der Waals surface area contributed by atoms with Crippen LogP contribution in [-0.4, -0.2) is 21.6 Å². The average molecular weight is 308 g/mol. The van der Waals surface area contributed by atoms with Gasteiger partial charge in [-0.3, -0.25) is 4.79 Å². The van der Waals surface area contributed by atoms with Gasteiger partial charge in [-0.2, -0.15) is 0 Å². The lowest BCUT2D eigenvalue weighted by Gasteiger charge is -2.06. The standard InChI is InChI=1S/C14H14ClN3OS/c1-10-6-17-14(18-7-10)20-9-13(19)16-8-11-4-2-3-5-12(11)15/h2-7H,8-9H2,1H3,(H,16,19). The predicted molar refractivity (Wildman–Crippen MR) is 80.8 cm³/mol. The van der Waals surface area contributed by atoms with Crippen molar-refractivity contribution in [2.24, 2.45) is 0 Å². The van der Waals surface area contributed by atoms with Crippen LogP contribution in [0.4, 0.5) is 0 Å². The number of carbonyl (C=O) groups is 1. The van der Waals surface area contributed by atoms with Crippen molar-refractivity contribution in [3.8, 4) is 0 Å². The van der Waals surface area contributed by atoms with Crippen LogP contribution in [0, 0.1) is 6.92 Å². The normalized spacial score (nSPS) is 10.3. The number of benzene rings is 1. The number of carbonyl (C=O) groups excluding carboxylic acids is 1. The average Bonchev–Trinajstić information content (AvgIpc) is 2.46. The Bertz CT molecular complexity index is 589. The van der Waals surface area contributed by atoms with Crippen molar-refractivity contribution in [3.05, 3.63) is 52.8 Å². The number of halogens is 1. The first-order valence-corrected chi connectivity index (χ1v) is 7.43. The number of nitrogens with zero attached hydrogens (tertiary/aromatic N) is 2. The second-order valence-electron chi connectivity index (χ2n) is 4.20. The van der Waals surface area contributed by atoms with E-state index in [-0.39, 0.29) is 11.7 Å². The van der Waals surface area contributed by atoms with Crippen LogP contribution in [0.15, 0.2) is 41.8 Å². The zero-order valence-electron chi connectivity index (χ0n) is 11.0. The molecule has 0 saturated carbocycles. The van der Waals surface area contributed by atoms with E-state index in [4.69, 9.17) is 11.6 Å². The fourth-order valence-electron chi connectivity index (χ4n) is 1.47. The number of aryl methyl sites for hydroxylation is 1. The van der Waals surface area contributed by atoms with E-state index in [1.54, 1.807) is 18.5 Å². The van der Waals surface area contributed by atoms with Crippen molar-refractivity contribution in [2.75, 3.05) is 5.75 Å². The minimum atomic E-state index is -0.0703. The van der Waals surface area contributed by atoms with Gasteiger partial charge in [-0.05, 0) is 24.1 Å². The summed E-state index contributed by atoms with van der Waals surface area (Å²) in [6.45, 7) is 2.35. The molecule has 0 spiro atoms. The number of amides is 1. The van der Waals surface area contributed by atoms with Crippen LogP contribution in [0.25, 0.3) is 0 Å². The summed E-state index contributed by atoms with van der Waals surface area (Å²) in [5.41, 5.74) is 1.90. The van der Waals surface area contributed by atoms with Crippen LogP contribution in [-0.2, 0) is 11.3 Å². The molecule has 0 fully saturated rings. The third kappa shape index (κ3) is 4.51. The summed E-state index contributed by atoms with van der Waals surface area (Å²) < 4.78 is 0. The molecule has 0 unspecified atom stereocenters. The Morgan fingerprint density at radius 2 is 2.00 bits per heavy atom. The first kappa shape index (κ1) is 14.8. The maximum absolute atomic E-state index is 11.7. The Morgan fingerprint density at radius 1 is 1.30 bits per heavy atom. The Kier molecular flexibility index (Phi) is 5.38. The van der Waals surface area contributed by atoms with Crippen molar-refractivity contribution < 1.29 is 4.79 Å². The van der Waals surface area contributed by atoms with Crippen LogP contribution in [0.5, 0.6) is 0 Å². The fourth-order valence-corrected chi connectivity index (χ4v) is 2.29. The van der Waals surface area contributed by atoms with Crippen LogP contribution in [0.2, 0.25) is 5.02 Å². The van der Waals surface area contributed by atoms with Gasteiger partial charge < -0.3 is 5.32 Å². The van der Waals surface area contributed by atoms with Gasteiger partial charge in [-0.1, -0.05) is 41.6 Å². The molecule has 2 rings (SSSR count). The number of hydrogen-bond donors (Lipinski definition) is 1. The maximum atomic E-state index is 11.7. The van der Waals surface area contributed by atoms with Crippen LogP contribution >= 0.6 is 23.4 Å². The van der Waals surface area contributed by atoms with Gasteiger partial charge in [-0.25, -0.2) is 9.97 Å². The van der Waals surface area contributed by atoms with Gasteiger partial charge in [0.25, 0.3) is 0 Å². The van der Waals surface area contributed by atoms with E-state index < -0.39 is 0 Å². The molecule has 1 aromatic carbocycles. The summed E-state index contributed by atoms with van der Waals surface area (Å²) in [7, 11) is 0. The second kappa shape index (κ2) is 7.26. The minimum Gasteiger partial charge on any atom is -0.351 e. The predicted octanol–water partition coefficient (Wildman–Crippen LogP) is 2.85. The number of nitrogens with one attached hydrogen (secondary N) is 1. The van der Waals surface area contributed by atoms with Gasteiger partial charge in [0.1, 0.15) is 0 Å². The van der Waals surface area contributed by atoms with E-state index in [1.807, 2.05) is 25.1 Å². The molecular formula is C14H14ClN3OS. The zero-order chi connectivity index (χ0) is 14.4. The third-order valence-corrected chi connectivity index (χ3v) is 3.77. The smallest absolute Gasteiger partial charge is 0.230 e. The third-order valence-electron chi connectivity index (χ3n) is 2.52. The Labute approximate surface area is 127 Å². The van der Waals surface area contributed by atoms with Gasteiger partial charge in [0.05, 0.1) is 5.75 Å². The maximum Gasteiger partial charge on any atom is 0.230 e. The molecule has 0 radical (unpaired) electrons. The number of rotatable bonds is 5. The molecule has 0 aliphatic heterocycles. The summed E-state index contributed by atoms with van der Waals surface area (Å²) in [5, 5.41) is 4.08. The van der Waals surface area contributed by atoms with Gasteiger partial charge >= 0.3 is 0 Å². The van der Waals surface area contributed by atoms with Gasteiger partial charge in [0.2, 0.25) is 5.91 Å². The molecule has 0 saturated heterocycles. The number of thioether (sulfide) groups is 1. The van der Waals surface area contributed by atoms with E-state index in [1.165, 1.54) is 11.8 Å². The fraction of sp³-hybridized carbons (Fsp3) is 0.214. The molecule has 0 aliphatic carbocycles. The highest BCUT2D eigenvalue weighted by Crippen LogP contribution is 2.15. The Hall–Kier alpha value is -1.59. The Morgan fingerprint density at radius 3 is 2.70 bits per heavy atom. The highest BCUT2D eigenvalue weighted by atomic mass is 35.5. The van der Waals surface area contributed by atoms with Crippen molar-refractivity contribution in [1.29, 1.82) is 0 Å². The van der Waals surface area contributed by atoms with Crippen LogP contribution < -0.4 is 5.32 Å². The highest BCUT2D eigenvalue weighted by molar-refractivity contribution is 7.99. The van der Waals surface area contributed by atoms with E-state index in [0.717, 1.165) is 11.1 Å². The molecule has 1 heterocycles. The van der Waals surface area contributed by atoms with Gasteiger partial charge in [-0.15, -0.1) is 0 Å². The van der Waals surface area contributed by atoms with Gasteiger partial charge in [0, 0.05) is 24.0 Å².